The van der Waals surface area contributed by atoms with E-state index in [1.165, 1.54) is 0 Å². The third-order valence-electron chi connectivity index (χ3n) is 7.70. The van der Waals surface area contributed by atoms with Gasteiger partial charge in [-0.05, 0) is 94.2 Å². The number of nitrogens with zero attached hydrogens (tertiary/aromatic N) is 2. The molecule has 1 aliphatic heterocycles. The molecule has 40 heavy (non-hydrogen) atoms. The van der Waals surface area contributed by atoms with E-state index in [-0.39, 0.29) is 11.2 Å². The summed E-state index contributed by atoms with van der Waals surface area (Å²) >= 11 is 9.90. The van der Waals surface area contributed by atoms with Crippen LogP contribution in [0.15, 0.2) is 87.8 Å². The third kappa shape index (κ3) is 5.16. The van der Waals surface area contributed by atoms with Gasteiger partial charge >= 0.3 is 0 Å². The van der Waals surface area contributed by atoms with E-state index in [1.807, 2.05) is 61.2 Å². The number of hydrogen-bond acceptors (Lipinski definition) is 5. The molecular formula is C33H31BrClN3O2. The van der Waals surface area contributed by atoms with Crippen molar-refractivity contribution in [1.29, 1.82) is 5.26 Å². The standard InChI is InChI=1S/C33H31BrClN3O2/c1-19-12-20(2)24(13-21(19)18-40-29-11-6-5-10-26(29)34)30-25(17-36)32(37)38(23-9-7-8-22(35)14-23)27-15-33(3,4)16-28(39)31(27)30/h5-14,30H,15-16,18,37H2,1-4H3. The van der Waals surface area contributed by atoms with Crippen LogP contribution in [0.25, 0.3) is 0 Å². The molecule has 0 spiro atoms. The second kappa shape index (κ2) is 10.8. The number of ether oxygens (including phenoxy) is 1. The van der Waals surface area contributed by atoms with Gasteiger partial charge in [0.1, 0.15) is 18.2 Å². The van der Waals surface area contributed by atoms with Crippen LogP contribution in [0.4, 0.5) is 5.69 Å². The van der Waals surface area contributed by atoms with Gasteiger partial charge in [0.25, 0.3) is 0 Å². The minimum absolute atomic E-state index is 0.0366. The molecule has 1 atom stereocenters. The largest absolute Gasteiger partial charge is 0.488 e. The number of rotatable bonds is 5. The molecule has 0 radical (unpaired) electrons. The van der Waals surface area contributed by atoms with Gasteiger partial charge in [-0.2, -0.15) is 5.26 Å². The average molecular weight is 617 g/mol. The zero-order chi connectivity index (χ0) is 28.8. The Balaban J connectivity index is 1.67. The fourth-order valence-electron chi connectivity index (χ4n) is 5.83. The second-order valence-corrected chi connectivity index (χ2v) is 12.6. The lowest BCUT2D eigenvalue weighted by molar-refractivity contribution is -0.118. The Hall–Kier alpha value is -3.53. The van der Waals surface area contributed by atoms with Crippen LogP contribution in [0.2, 0.25) is 5.02 Å². The minimum Gasteiger partial charge on any atom is -0.488 e. The Morgan fingerprint density at radius 1 is 1.10 bits per heavy atom. The van der Waals surface area contributed by atoms with Gasteiger partial charge in [-0.15, -0.1) is 0 Å². The van der Waals surface area contributed by atoms with Crippen LogP contribution in [0, 0.1) is 30.6 Å². The van der Waals surface area contributed by atoms with E-state index < -0.39 is 5.92 Å². The summed E-state index contributed by atoms with van der Waals surface area (Å²) < 4.78 is 7.03. The number of benzene rings is 3. The van der Waals surface area contributed by atoms with E-state index in [0.29, 0.717) is 41.4 Å². The highest BCUT2D eigenvalue weighted by Gasteiger charge is 2.45. The number of halogens is 2. The van der Waals surface area contributed by atoms with Crippen molar-refractivity contribution in [2.24, 2.45) is 11.1 Å². The second-order valence-electron chi connectivity index (χ2n) is 11.3. The summed E-state index contributed by atoms with van der Waals surface area (Å²) in [4.78, 5) is 15.8. The summed E-state index contributed by atoms with van der Waals surface area (Å²) in [5.74, 6) is 0.539. The highest BCUT2D eigenvalue weighted by atomic mass is 79.9. The van der Waals surface area contributed by atoms with Crippen LogP contribution in [-0.4, -0.2) is 5.78 Å². The smallest absolute Gasteiger partial charge is 0.162 e. The number of ketones is 1. The van der Waals surface area contributed by atoms with Crippen LogP contribution in [0.1, 0.15) is 54.9 Å². The number of nitriles is 1. The van der Waals surface area contributed by atoms with Crippen LogP contribution >= 0.6 is 27.5 Å². The van der Waals surface area contributed by atoms with Gasteiger partial charge in [-0.1, -0.05) is 55.8 Å². The average Bonchev–Trinajstić information content (AvgIpc) is 2.88. The normalized spacial score (nSPS) is 18.5. The van der Waals surface area contributed by atoms with Crippen LogP contribution in [0.5, 0.6) is 5.75 Å². The monoisotopic (exact) mass is 615 g/mol. The molecule has 5 rings (SSSR count). The predicted octanol–water partition coefficient (Wildman–Crippen LogP) is 8.24. The first-order chi connectivity index (χ1) is 19.0. The molecule has 7 heteroatoms. The van der Waals surface area contributed by atoms with Gasteiger partial charge in [-0.25, -0.2) is 0 Å². The summed E-state index contributed by atoms with van der Waals surface area (Å²) in [5, 5.41) is 11.0. The molecule has 0 fully saturated rings. The molecule has 0 bridgehead atoms. The number of anilines is 1. The predicted molar refractivity (Wildman–Crippen MR) is 163 cm³/mol. The topological polar surface area (TPSA) is 79.4 Å². The molecule has 0 amide bonds. The number of hydrogen-bond donors (Lipinski definition) is 1. The van der Waals surface area contributed by atoms with Gasteiger partial charge in [0.2, 0.25) is 0 Å². The number of carbonyl (C=O) groups excluding carboxylic acids is 1. The number of aryl methyl sites for hydroxylation is 2. The highest BCUT2D eigenvalue weighted by Crippen LogP contribution is 2.51. The van der Waals surface area contributed by atoms with Crippen molar-refractivity contribution in [3.63, 3.8) is 0 Å². The molecule has 5 nitrogen and oxygen atoms in total. The molecule has 1 heterocycles. The molecule has 3 aromatic carbocycles. The van der Waals surface area contributed by atoms with Gasteiger partial charge in [-0.3, -0.25) is 9.69 Å². The Labute approximate surface area is 249 Å². The quantitative estimate of drug-likeness (QED) is 0.312. The number of carbonyl (C=O) groups is 1. The fourth-order valence-corrected chi connectivity index (χ4v) is 6.41. The molecule has 3 aromatic rings. The summed E-state index contributed by atoms with van der Waals surface area (Å²) in [6.07, 6.45) is 1.03. The molecular weight excluding hydrogens is 586 g/mol. The molecule has 0 saturated heterocycles. The first-order valence-electron chi connectivity index (χ1n) is 13.2. The van der Waals surface area contributed by atoms with Gasteiger partial charge in [0.15, 0.2) is 5.78 Å². The van der Waals surface area contributed by atoms with E-state index in [2.05, 4.69) is 48.0 Å². The van der Waals surface area contributed by atoms with Crippen LogP contribution in [-0.2, 0) is 11.4 Å². The molecule has 1 aliphatic carbocycles. The summed E-state index contributed by atoms with van der Waals surface area (Å²) in [6, 6.07) is 21.6. The minimum atomic E-state index is -0.568. The maximum absolute atomic E-state index is 13.9. The van der Waals surface area contributed by atoms with Gasteiger partial charge < -0.3 is 10.5 Å². The van der Waals surface area contributed by atoms with Crippen LogP contribution < -0.4 is 15.4 Å². The Kier molecular flexibility index (Phi) is 7.56. The first kappa shape index (κ1) is 28.0. The van der Waals surface area contributed by atoms with Crippen molar-refractivity contribution in [3.8, 4) is 11.8 Å². The van der Waals surface area contributed by atoms with Crippen molar-refractivity contribution < 1.29 is 9.53 Å². The zero-order valence-corrected chi connectivity index (χ0v) is 25.4. The summed E-state index contributed by atoms with van der Waals surface area (Å²) in [6.45, 7) is 8.59. The number of Topliss-reactive ketones (excluding diaryl/α,β-unsaturated/α-hetero) is 1. The molecule has 1 unspecified atom stereocenters. The lowest BCUT2D eigenvalue weighted by atomic mass is 9.68. The molecule has 2 aliphatic rings. The van der Waals surface area contributed by atoms with Crippen LogP contribution in [0.3, 0.4) is 0 Å². The van der Waals surface area contributed by atoms with E-state index >= 15 is 0 Å². The van der Waals surface area contributed by atoms with Gasteiger partial charge in [0, 0.05) is 28.4 Å². The fraction of sp³-hybridized carbons (Fsp3) is 0.273. The Bertz CT molecular complexity index is 1630. The Morgan fingerprint density at radius 2 is 1.85 bits per heavy atom. The van der Waals surface area contributed by atoms with Crippen molar-refractivity contribution in [2.75, 3.05) is 4.90 Å². The van der Waals surface area contributed by atoms with Crippen molar-refractivity contribution in [1.82, 2.24) is 0 Å². The van der Waals surface area contributed by atoms with Crippen molar-refractivity contribution >= 4 is 39.0 Å². The maximum atomic E-state index is 13.9. The number of allylic oxidation sites excluding steroid dienone is 3. The first-order valence-corrected chi connectivity index (χ1v) is 14.4. The SMILES string of the molecule is Cc1cc(C)c(C2C(C#N)=C(N)N(c3cccc(Cl)c3)C3=C2C(=O)CC(C)(C)C3)cc1COc1ccccc1Br. The van der Waals surface area contributed by atoms with E-state index in [9.17, 15) is 10.1 Å². The number of nitrogens with two attached hydrogens (primary N) is 1. The number of para-hydroxylation sites is 1. The van der Waals surface area contributed by atoms with Crippen molar-refractivity contribution in [3.05, 3.63) is 115 Å². The zero-order valence-electron chi connectivity index (χ0n) is 23.0. The van der Waals surface area contributed by atoms with E-state index in [4.69, 9.17) is 22.1 Å². The highest BCUT2D eigenvalue weighted by molar-refractivity contribution is 9.10. The van der Waals surface area contributed by atoms with Crippen molar-refractivity contribution in [2.45, 2.75) is 53.1 Å². The lowest BCUT2D eigenvalue weighted by Crippen LogP contribution is -2.42. The maximum Gasteiger partial charge on any atom is 0.162 e. The molecule has 204 valence electrons. The summed E-state index contributed by atoms with van der Waals surface area (Å²) in [5.41, 5.74) is 13.1. The molecule has 0 saturated carbocycles. The molecule has 2 N–H and O–H groups in total. The van der Waals surface area contributed by atoms with E-state index in [1.54, 1.807) is 6.07 Å². The van der Waals surface area contributed by atoms with E-state index in [0.717, 1.165) is 43.9 Å². The lowest BCUT2D eigenvalue weighted by Gasteiger charge is -2.44. The Morgan fingerprint density at radius 3 is 2.55 bits per heavy atom. The van der Waals surface area contributed by atoms with Gasteiger partial charge in [0.05, 0.1) is 22.0 Å². The summed E-state index contributed by atoms with van der Waals surface area (Å²) in [7, 11) is 0. The third-order valence-corrected chi connectivity index (χ3v) is 8.59. The molecule has 0 aromatic heterocycles.